The fourth-order valence-corrected chi connectivity index (χ4v) is 0.927. The molecule has 3 nitrogen and oxygen atoms in total. The first-order valence-corrected chi connectivity index (χ1v) is 5.60. The molecule has 0 aromatic rings. The highest BCUT2D eigenvalue weighted by molar-refractivity contribution is 6.02. The molecule has 1 N–H and O–H groups in total. The molecule has 0 unspecified atom stereocenters. The van der Waals surface area contributed by atoms with E-state index in [1.807, 2.05) is 6.92 Å². The molecule has 0 aromatic carbocycles. The number of nitrogens with one attached hydrogen (secondary N) is 1. The number of hydrogen-bond acceptors (Lipinski definition) is 1. The summed E-state index contributed by atoms with van der Waals surface area (Å²) in [6.07, 6.45) is -1.36. The van der Waals surface area contributed by atoms with Crippen molar-refractivity contribution in [2.45, 2.75) is 32.9 Å². The van der Waals surface area contributed by atoms with Crippen LogP contribution in [0.1, 0.15) is 26.7 Å². The number of carbonyl (C=O) groups is 1. The number of amides is 2. The van der Waals surface area contributed by atoms with Crippen molar-refractivity contribution in [1.82, 2.24) is 5.32 Å². The number of hydrogen-bond donors (Lipinski definition) is 1. The summed E-state index contributed by atoms with van der Waals surface area (Å²) in [6, 6.07) is -0.545. The molecule has 0 rings (SSSR count). The van der Waals surface area contributed by atoms with Crippen molar-refractivity contribution in [1.29, 1.82) is 0 Å². The second kappa shape index (κ2) is 7.68. The van der Waals surface area contributed by atoms with Crippen molar-refractivity contribution >= 4 is 11.7 Å². The van der Waals surface area contributed by atoms with Gasteiger partial charge in [-0.1, -0.05) is 20.4 Å². The maximum atomic E-state index is 12.2. The van der Waals surface area contributed by atoms with E-state index in [0.717, 1.165) is 18.6 Å². The third kappa shape index (κ3) is 6.88. The van der Waals surface area contributed by atoms with Gasteiger partial charge in [0.15, 0.2) is 0 Å². The topological polar surface area (TPSA) is 41.5 Å². The van der Waals surface area contributed by atoms with Crippen LogP contribution in [0.5, 0.6) is 0 Å². The zero-order valence-corrected chi connectivity index (χ0v) is 10.5. The molecule has 0 aliphatic heterocycles. The van der Waals surface area contributed by atoms with E-state index in [0.29, 0.717) is 13.0 Å². The number of alkyl halides is 3. The van der Waals surface area contributed by atoms with E-state index in [9.17, 15) is 18.0 Å². The molecule has 0 atom stereocenters. The van der Waals surface area contributed by atoms with Gasteiger partial charge in [0.05, 0.1) is 0 Å². The SMILES string of the molecule is C=C(/C=C\C(CC)=NC(=O)NCCC)C(F)(F)F. The molecule has 0 heterocycles. The minimum absolute atomic E-state index is 0.272. The van der Waals surface area contributed by atoms with E-state index in [2.05, 4.69) is 16.9 Å². The van der Waals surface area contributed by atoms with Crippen LogP contribution in [0, 0.1) is 0 Å². The molecular weight excluding hydrogens is 245 g/mol. The van der Waals surface area contributed by atoms with Gasteiger partial charge in [0.2, 0.25) is 0 Å². The van der Waals surface area contributed by atoms with Crippen molar-refractivity contribution in [2.24, 2.45) is 4.99 Å². The summed E-state index contributed by atoms with van der Waals surface area (Å²) in [7, 11) is 0. The highest BCUT2D eigenvalue weighted by Crippen LogP contribution is 2.24. The number of rotatable bonds is 5. The Morgan fingerprint density at radius 2 is 1.94 bits per heavy atom. The normalized spacial score (nSPS) is 12.8. The van der Waals surface area contributed by atoms with Gasteiger partial charge in [-0.2, -0.15) is 18.2 Å². The third-order valence-corrected chi connectivity index (χ3v) is 1.97. The first kappa shape index (κ1) is 16.4. The quantitative estimate of drug-likeness (QED) is 0.596. The second-order valence-electron chi connectivity index (χ2n) is 3.54. The van der Waals surface area contributed by atoms with Crippen molar-refractivity contribution in [2.75, 3.05) is 6.54 Å². The second-order valence-corrected chi connectivity index (χ2v) is 3.54. The number of allylic oxidation sites excluding steroid dienone is 3. The average Bonchev–Trinajstić information content (AvgIpc) is 2.29. The molecule has 6 heteroatoms. The van der Waals surface area contributed by atoms with Gasteiger partial charge in [0.1, 0.15) is 0 Å². The van der Waals surface area contributed by atoms with Crippen LogP contribution in [0.15, 0.2) is 29.3 Å². The minimum atomic E-state index is -4.46. The van der Waals surface area contributed by atoms with E-state index in [1.165, 1.54) is 0 Å². The van der Waals surface area contributed by atoms with Crippen LogP contribution in [0.4, 0.5) is 18.0 Å². The van der Waals surface area contributed by atoms with E-state index >= 15 is 0 Å². The Kier molecular flexibility index (Phi) is 7.00. The van der Waals surface area contributed by atoms with Crippen molar-refractivity contribution < 1.29 is 18.0 Å². The number of urea groups is 1. The van der Waals surface area contributed by atoms with Crippen LogP contribution in [-0.2, 0) is 0 Å². The molecule has 2 amide bonds. The van der Waals surface area contributed by atoms with E-state index in [4.69, 9.17) is 0 Å². The summed E-state index contributed by atoms with van der Waals surface area (Å²) in [5, 5.41) is 2.51. The van der Waals surface area contributed by atoms with Crippen LogP contribution in [0.25, 0.3) is 0 Å². The van der Waals surface area contributed by atoms with Gasteiger partial charge >= 0.3 is 12.2 Å². The first-order valence-electron chi connectivity index (χ1n) is 5.60. The smallest absolute Gasteiger partial charge is 0.336 e. The maximum Gasteiger partial charge on any atom is 0.415 e. The van der Waals surface area contributed by atoms with Gasteiger partial charge in [-0.05, 0) is 25.0 Å². The van der Waals surface area contributed by atoms with Crippen molar-refractivity contribution in [3.05, 3.63) is 24.3 Å². The van der Waals surface area contributed by atoms with Gasteiger partial charge in [-0.25, -0.2) is 4.79 Å². The fraction of sp³-hybridized carbons (Fsp3) is 0.500. The van der Waals surface area contributed by atoms with Gasteiger partial charge in [0, 0.05) is 17.8 Å². The Morgan fingerprint density at radius 3 is 2.39 bits per heavy atom. The Balaban J connectivity index is 4.61. The Labute approximate surface area is 104 Å². The zero-order valence-electron chi connectivity index (χ0n) is 10.5. The third-order valence-electron chi connectivity index (χ3n) is 1.97. The summed E-state index contributed by atoms with van der Waals surface area (Å²) in [5.41, 5.74) is -0.702. The first-order chi connectivity index (χ1) is 8.31. The van der Waals surface area contributed by atoms with Gasteiger partial charge in [0.25, 0.3) is 0 Å². The standard InChI is InChI=1S/C12H17F3N2O/c1-4-8-16-11(18)17-10(5-2)7-6-9(3)12(13,14)15/h6-7H,3-5,8H2,1-2H3,(H,16,18)/b7-6-,17-10?. The molecule has 0 radical (unpaired) electrons. The zero-order chi connectivity index (χ0) is 14.2. The lowest BCUT2D eigenvalue weighted by Crippen LogP contribution is -2.21. The summed E-state index contributed by atoms with van der Waals surface area (Å²) in [6.45, 7) is 6.97. The predicted octanol–water partition coefficient (Wildman–Crippen LogP) is 3.63. The largest absolute Gasteiger partial charge is 0.415 e. The average molecular weight is 262 g/mol. The molecule has 18 heavy (non-hydrogen) atoms. The van der Waals surface area contributed by atoms with Crippen LogP contribution in [0.2, 0.25) is 0 Å². The van der Waals surface area contributed by atoms with Crippen LogP contribution in [-0.4, -0.2) is 24.5 Å². The maximum absolute atomic E-state index is 12.2. The fourth-order valence-electron chi connectivity index (χ4n) is 0.927. The number of aliphatic imine (C=N–C) groups is 1. The van der Waals surface area contributed by atoms with Crippen LogP contribution in [0.3, 0.4) is 0 Å². The van der Waals surface area contributed by atoms with Gasteiger partial charge in [-0.3, -0.25) is 0 Å². The highest BCUT2D eigenvalue weighted by Gasteiger charge is 2.29. The lowest BCUT2D eigenvalue weighted by atomic mass is 10.2. The molecule has 0 aromatic heterocycles. The summed E-state index contributed by atoms with van der Waals surface area (Å²) in [4.78, 5) is 14.9. The highest BCUT2D eigenvalue weighted by atomic mass is 19.4. The summed E-state index contributed by atoms with van der Waals surface area (Å²) in [5.74, 6) is 0. The molecule has 0 aliphatic carbocycles. The predicted molar refractivity (Wildman–Crippen MR) is 65.8 cm³/mol. The number of nitrogens with zero attached hydrogens (tertiary/aromatic N) is 1. The van der Waals surface area contributed by atoms with Crippen molar-refractivity contribution in [3.63, 3.8) is 0 Å². The number of carbonyl (C=O) groups excluding carboxylic acids is 1. The molecule has 0 aliphatic rings. The van der Waals surface area contributed by atoms with E-state index in [-0.39, 0.29) is 5.71 Å². The lowest BCUT2D eigenvalue weighted by Gasteiger charge is -2.05. The lowest BCUT2D eigenvalue weighted by molar-refractivity contribution is -0.0878. The van der Waals surface area contributed by atoms with Crippen LogP contribution >= 0.6 is 0 Å². The molecule has 102 valence electrons. The van der Waals surface area contributed by atoms with Gasteiger partial charge < -0.3 is 5.32 Å². The summed E-state index contributed by atoms with van der Waals surface area (Å²) >= 11 is 0. The summed E-state index contributed by atoms with van der Waals surface area (Å²) < 4.78 is 36.5. The molecule has 0 fully saturated rings. The minimum Gasteiger partial charge on any atom is -0.336 e. The molecule has 0 spiro atoms. The molecule has 0 bridgehead atoms. The number of halogens is 3. The molecule has 0 saturated carbocycles. The Hall–Kier alpha value is -1.59. The Morgan fingerprint density at radius 1 is 1.33 bits per heavy atom. The van der Waals surface area contributed by atoms with E-state index in [1.54, 1.807) is 6.92 Å². The van der Waals surface area contributed by atoms with Crippen molar-refractivity contribution in [3.8, 4) is 0 Å². The Bertz CT molecular complexity index is 357. The molecular formula is C12H17F3N2O. The monoisotopic (exact) mass is 262 g/mol. The van der Waals surface area contributed by atoms with Gasteiger partial charge in [-0.15, -0.1) is 0 Å². The van der Waals surface area contributed by atoms with Crippen LogP contribution < -0.4 is 5.32 Å². The molecule has 0 saturated heterocycles. The van der Waals surface area contributed by atoms with E-state index < -0.39 is 17.8 Å².